The molecule has 2 aromatic rings. The van der Waals surface area contributed by atoms with E-state index in [2.05, 4.69) is 10.6 Å². The number of nitrogens with two attached hydrogens (primary N) is 1. The molecule has 2 aromatic carbocycles. The Morgan fingerprint density at radius 2 is 1.67 bits per heavy atom. The van der Waals surface area contributed by atoms with Gasteiger partial charge in [0.1, 0.15) is 0 Å². The number of carbonyl (C=O) groups excluding carboxylic acids is 2. The van der Waals surface area contributed by atoms with Crippen LogP contribution in [0.25, 0.3) is 0 Å². The number of hydrogen-bond donors (Lipinski definition) is 3. The molecule has 0 radical (unpaired) electrons. The average Bonchev–Trinajstić information content (AvgIpc) is 2.68. The van der Waals surface area contributed by atoms with Gasteiger partial charge in [-0.1, -0.05) is 55.1 Å². The van der Waals surface area contributed by atoms with Crippen LogP contribution < -0.4 is 16.4 Å². The van der Waals surface area contributed by atoms with E-state index in [1.54, 1.807) is 24.3 Å². The SMILES string of the molecule is NC(=O)c1ccccc1NC(=O)CNC1(c2ccc(Cl)cc2)CCCCC1. The third-order valence-corrected chi connectivity index (χ3v) is 5.41. The van der Waals surface area contributed by atoms with Crippen LogP contribution in [-0.4, -0.2) is 18.4 Å². The Bertz CT molecular complexity index is 814. The van der Waals surface area contributed by atoms with E-state index in [-0.39, 0.29) is 18.0 Å². The summed E-state index contributed by atoms with van der Waals surface area (Å²) in [6, 6.07) is 14.6. The minimum atomic E-state index is -0.566. The number of hydrogen-bond acceptors (Lipinski definition) is 3. The second-order valence-corrected chi connectivity index (χ2v) is 7.40. The van der Waals surface area contributed by atoms with E-state index in [0.717, 1.165) is 31.2 Å². The first kappa shape index (κ1) is 19.4. The van der Waals surface area contributed by atoms with Gasteiger partial charge in [-0.2, -0.15) is 0 Å². The number of para-hydroxylation sites is 1. The van der Waals surface area contributed by atoms with Gasteiger partial charge in [-0.3, -0.25) is 14.9 Å². The van der Waals surface area contributed by atoms with E-state index in [0.29, 0.717) is 16.3 Å². The third kappa shape index (κ3) is 4.67. The largest absolute Gasteiger partial charge is 0.366 e. The maximum absolute atomic E-state index is 12.5. The zero-order valence-electron chi connectivity index (χ0n) is 15.1. The van der Waals surface area contributed by atoms with Crippen LogP contribution >= 0.6 is 11.6 Å². The van der Waals surface area contributed by atoms with Crippen molar-refractivity contribution in [1.82, 2.24) is 5.32 Å². The zero-order valence-corrected chi connectivity index (χ0v) is 15.9. The van der Waals surface area contributed by atoms with Gasteiger partial charge in [0.25, 0.3) is 5.91 Å². The van der Waals surface area contributed by atoms with Gasteiger partial charge in [0.15, 0.2) is 0 Å². The Morgan fingerprint density at radius 1 is 1.00 bits per heavy atom. The van der Waals surface area contributed by atoms with Crippen LogP contribution in [0.4, 0.5) is 5.69 Å². The highest BCUT2D eigenvalue weighted by Gasteiger charge is 2.33. The van der Waals surface area contributed by atoms with Gasteiger partial charge in [0, 0.05) is 10.6 Å². The summed E-state index contributed by atoms with van der Waals surface area (Å²) in [6.45, 7) is 0.149. The number of nitrogens with one attached hydrogen (secondary N) is 2. The summed E-state index contributed by atoms with van der Waals surface area (Å²) < 4.78 is 0. The first-order chi connectivity index (χ1) is 13.0. The zero-order chi connectivity index (χ0) is 19.3. The summed E-state index contributed by atoms with van der Waals surface area (Å²) >= 11 is 6.03. The van der Waals surface area contributed by atoms with Crippen LogP contribution in [0.15, 0.2) is 48.5 Å². The number of carbonyl (C=O) groups is 2. The quantitative estimate of drug-likeness (QED) is 0.706. The monoisotopic (exact) mass is 385 g/mol. The van der Waals surface area contributed by atoms with Crippen molar-refractivity contribution in [3.05, 3.63) is 64.7 Å². The topological polar surface area (TPSA) is 84.2 Å². The lowest BCUT2D eigenvalue weighted by Crippen LogP contribution is -2.47. The highest BCUT2D eigenvalue weighted by molar-refractivity contribution is 6.30. The van der Waals surface area contributed by atoms with Crippen molar-refractivity contribution in [1.29, 1.82) is 0 Å². The van der Waals surface area contributed by atoms with Gasteiger partial charge >= 0.3 is 0 Å². The van der Waals surface area contributed by atoms with E-state index in [9.17, 15) is 9.59 Å². The standard InChI is InChI=1S/C21H24ClN3O2/c22-16-10-8-15(9-11-16)21(12-4-1-5-13-21)24-14-19(26)25-18-7-3-2-6-17(18)20(23)27/h2-3,6-11,24H,1,4-5,12-14H2,(H2,23,27)(H,25,26). The summed E-state index contributed by atoms with van der Waals surface area (Å²) in [4.78, 5) is 24.0. The molecule has 4 N–H and O–H groups in total. The van der Waals surface area contributed by atoms with Crippen LogP contribution in [0, 0.1) is 0 Å². The molecule has 0 spiro atoms. The molecule has 5 nitrogen and oxygen atoms in total. The van der Waals surface area contributed by atoms with Crippen LogP contribution in [-0.2, 0) is 10.3 Å². The molecule has 1 aliphatic carbocycles. The van der Waals surface area contributed by atoms with Crippen molar-refractivity contribution in [2.45, 2.75) is 37.6 Å². The molecule has 0 atom stereocenters. The number of primary amides is 1. The first-order valence-electron chi connectivity index (χ1n) is 9.20. The number of rotatable bonds is 6. The molecule has 1 aliphatic rings. The van der Waals surface area contributed by atoms with E-state index < -0.39 is 5.91 Å². The fourth-order valence-corrected chi connectivity index (χ4v) is 3.87. The number of anilines is 1. The molecule has 0 bridgehead atoms. The van der Waals surface area contributed by atoms with E-state index >= 15 is 0 Å². The smallest absolute Gasteiger partial charge is 0.250 e. The van der Waals surface area contributed by atoms with E-state index in [4.69, 9.17) is 17.3 Å². The Morgan fingerprint density at radius 3 is 2.33 bits per heavy atom. The van der Waals surface area contributed by atoms with Crippen LogP contribution in [0.1, 0.15) is 48.0 Å². The molecular weight excluding hydrogens is 362 g/mol. The summed E-state index contributed by atoms with van der Waals surface area (Å²) in [5.41, 5.74) is 7.02. The molecule has 142 valence electrons. The second-order valence-electron chi connectivity index (χ2n) is 6.96. The number of amides is 2. The molecule has 1 saturated carbocycles. The van der Waals surface area contributed by atoms with Crippen molar-refractivity contribution < 1.29 is 9.59 Å². The molecule has 0 unspecified atom stereocenters. The molecule has 0 saturated heterocycles. The highest BCUT2D eigenvalue weighted by Crippen LogP contribution is 2.37. The van der Waals surface area contributed by atoms with Crippen LogP contribution in [0.3, 0.4) is 0 Å². The Labute approximate surface area is 164 Å². The van der Waals surface area contributed by atoms with Crippen molar-refractivity contribution in [3.63, 3.8) is 0 Å². The molecule has 0 aromatic heterocycles. The van der Waals surface area contributed by atoms with Gasteiger partial charge in [0.2, 0.25) is 5.91 Å². The predicted molar refractivity (Wildman–Crippen MR) is 108 cm³/mol. The summed E-state index contributed by atoms with van der Waals surface area (Å²) in [6.07, 6.45) is 5.37. The van der Waals surface area contributed by atoms with Gasteiger partial charge in [-0.15, -0.1) is 0 Å². The van der Waals surface area contributed by atoms with E-state index in [1.807, 2.05) is 24.3 Å². The van der Waals surface area contributed by atoms with Crippen molar-refractivity contribution in [2.75, 3.05) is 11.9 Å². The lowest BCUT2D eigenvalue weighted by Gasteiger charge is -2.39. The van der Waals surface area contributed by atoms with E-state index in [1.165, 1.54) is 6.42 Å². The summed E-state index contributed by atoms with van der Waals surface area (Å²) in [5, 5.41) is 6.95. The molecule has 0 aliphatic heterocycles. The van der Waals surface area contributed by atoms with Crippen molar-refractivity contribution in [3.8, 4) is 0 Å². The molecule has 1 fully saturated rings. The highest BCUT2D eigenvalue weighted by atomic mass is 35.5. The Hall–Kier alpha value is -2.37. The fourth-order valence-electron chi connectivity index (χ4n) is 3.74. The van der Waals surface area contributed by atoms with Gasteiger partial charge < -0.3 is 11.1 Å². The van der Waals surface area contributed by atoms with Crippen LogP contribution in [0.5, 0.6) is 0 Å². The third-order valence-electron chi connectivity index (χ3n) is 5.16. The van der Waals surface area contributed by atoms with Gasteiger partial charge in [-0.25, -0.2) is 0 Å². The summed E-state index contributed by atoms with van der Waals surface area (Å²) in [7, 11) is 0. The molecule has 0 heterocycles. The Kier molecular flexibility index (Phi) is 6.14. The lowest BCUT2D eigenvalue weighted by molar-refractivity contribution is -0.115. The predicted octanol–water partition coefficient (Wildman–Crippen LogP) is 3.83. The summed E-state index contributed by atoms with van der Waals surface area (Å²) in [5.74, 6) is -0.772. The minimum absolute atomic E-state index is 0.149. The molecule has 6 heteroatoms. The van der Waals surface area contributed by atoms with Gasteiger partial charge in [0.05, 0.1) is 17.8 Å². The normalized spacial score (nSPS) is 15.9. The average molecular weight is 386 g/mol. The fraction of sp³-hybridized carbons (Fsp3) is 0.333. The molecular formula is C21H24ClN3O2. The molecule has 3 rings (SSSR count). The second kappa shape index (κ2) is 8.55. The maximum Gasteiger partial charge on any atom is 0.250 e. The number of halogens is 1. The van der Waals surface area contributed by atoms with Crippen LogP contribution in [0.2, 0.25) is 5.02 Å². The lowest BCUT2D eigenvalue weighted by atomic mass is 9.76. The van der Waals surface area contributed by atoms with Gasteiger partial charge in [-0.05, 0) is 42.7 Å². The van der Waals surface area contributed by atoms with Crippen molar-refractivity contribution in [2.24, 2.45) is 5.73 Å². The Balaban J connectivity index is 1.71. The molecule has 27 heavy (non-hydrogen) atoms. The van der Waals surface area contributed by atoms with Crippen molar-refractivity contribution >= 4 is 29.1 Å². The molecule has 2 amide bonds. The number of benzene rings is 2. The maximum atomic E-state index is 12.5. The first-order valence-corrected chi connectivity index (χ1v) is 9.58. The minimum Gasteiger partial charge on any atom is -0.366 e.